The highest BCUT2D eigenvalue weighted by atomic mass is 16.4. The van der Waals surface area contributed by atoms with E-state index in [2.05, 4.69) is 23.3 Å². The van der Waals surface area contributed by atoms with Gasteiger partial charge in [-0.1, -0.05) is 18.2 Å². The first-order valence-corrected chi connectivity index (χ1v) is 7.43. The van der Waals surface area contributed by atoms with Crippen molar-refractivity contribution >= 4 is 5.97 Å². The van der Waals surface area contributed by atoms with Gasteiger partial charge in [0.1, 0.15) is 0 Å². The lowest BCUT2D eigenvalue weighted by Crippen LogP contribution is -2.48. The summed E-state index contributed by atoms with van der Waals surface area (Å²) in [6.07, 6.45) is 4.87. The lowest BCUT2D eigenvalue weighted by molar-refractivity contribution is -0.150. The second-order valence-electron chi connectivity index (χ2n) is 6.40. The molecule has 3 aliphatic carbocycles. The zero-order valence-electron chi connectivity index (χ0n) is 12.0. The summed E-state index contributed by atoms with van der Waals surface area (Å²) in [4.78, 5) is 11.6. The van der Waals surface area contributed by atoms with Crippen LogP contribution in [0.1, 0.15) is 24.8 Å². The van der Waals surface area contributed by atoms with Crippen molar-refractivity contribution < 1.29 is 9.90 Å². The fraction of sp³-hybridized carbons (Fsp3) is 0.412. The molecule has 1 N–H and O–H groups in total. The average molecular weight is 282 g/mol. The number of fused-ring (bicyclic) bond motifs is 1. The lowest BCUT2D eigenvalue weighted by atomic mass is 9.57. The fourth-order valence-corrected chi connectivity index (χ4v) is 4.50. The molecule has 4 nitrogen and oxygen atoms in total. The Labute approximate surface area is 123 Å². The van der Waals surface area contributed by atoms with E-state index < -0.39 is 5.97 Å². The third-order valence-corrected chi connectivity index (χ3v) is 5.47. The molecule has 1 aromatic carbocycles. The molecular formula is C17H18N2O2. The van der Waals surface area contributed by atoms with E-state index in [9.17, 15) is 9.90 Å². The van der Waals surface area contributed by atoms with Gasteiger partial charge in [0.25, 0.3) is 0 Å². The van der Waals surface area contributed by atoms with E-state index in [1.807, 2.05) is 23.9 Å². The standard InChI is InChI=1S/C17H18N2O2/c1-19-14(6-8-18-19)11-3-2-4-13(9-11)17-7-5-12(10-17)15(17)16(20)21/h2-4,6,8-9,12,15H,5,7,10H2,1H3,(H,20,21)/t12-,15+,17+/m0/s1. The molecule has 0 spiro atoms. The zero-order valence-corrected chi connectivity index (χ0v) is 12.0. The molecule has 3 saturated carbocycles. The Hall–Kier alpha value is -2.10. The van der Waals surface area contributed by atoms with Gasteiger partial charge in [0.05, 0.1) is 11.6 Å². The number of carboxylic acid groups (broad SMARTS) is 1. The maximum atomic E-state index is 11.6. The molecule has 0 unspecified atom stereocenters. The number of carbonyl (C=O) groups is 1. The minimum Gasteiger partial charge on any atom is -0.481 e. The summed E-state index contributed by atoms with van der Waals surface area (Å²) in [5.41, 5.74) is 3.23. The predicted octanol–water partition coefficient (Wildman–Crippen LogP) is 2.84. The Morgan fingerprint density at radius 2 is 2.29 bits per heavy atom. The fourth-order valence-electron chi connectivity index (χ4n) is 4.50. The normalized spacial score (nSPS) is 30.1. The first-order valence-electron chi connectivity index (χ1n) is 7.43. The Morgan fingerprint density at radius 3 is 2.95 bits per heavy atom. The largest absolute Gasteiger partial charge is 0.481 e. The topological polar surface area (TPSA) is 55.1 Å². The number of benzene rings is 1. The number of hydrogen-bond acceptors (Lipinski definition) is 2. The van der Waals surface area contributed by atoms with Crippen LogP contribution in [0.4, 0.5) is 0 Å². The molecule has 2 bridgehead atoms. The van der Waals surface area contributed by atoms with Gasteiger partial charge in [-0.05, 0) is 42.9 Å². The van der Waals surface area contributed by atoms with Gasteiger partial charge in [-0.25, -0.2) is 0 Å². The Balaban J connectivity index is 1.77. The third-order valence-electron chi connectivity index (χ3n) is 5.47. The molecule has 0 radical (unpaired) electrons. The highest BCUT2D eigenvalue weighted by Gasteiger charge is 2.62. The number of hydrogen-bond donors (Lipinski definition) is 1. The van der Waals surface area contributed by atoms with Gasteiger partial charge >= 0.3 is 5.97 Å². The van der Waals surface area contributed by atoms with Crippen LogP contribution in [0.3, 0.4) is 0 Å². The first-order chi connectivity index (χ1) is 10.1. The molecular weight excluding hydrogens is 264 g/mol. The van der Waals surface area contributed by atoms with Gasteiger partial charge in [-0.15, -0.1) is 0 Å². The number of aryl methyl sites for hydroxylation is 1. The van der Waals surface area contributed by atoms with Gasteiger partial charge in [0.15, 0.2) is 0 Å². The molecule has 21 heavy (non-hydrogen) atoms. The predicted molar refractivity (Wildman–Crippen MR) is 78.8 cm³/mol. The van der Waals surface area contributed by atoms with E-state index in [-0.39, 0.29) is 11.3 Å². The Kier molecular flexibility index (Phi) is 2.52. The molecule has 0 amide bonds. The zero-order chi connectivity index (χ0) is 14.6. The number of aliphatic carboxylic acids is 1. The van der Waals surface area contributed by atoms with Crippen molar-refractivity contribution in [3.63, 3.8) is 0 Å². The molecule has 3 aliphatic rings. The third kappa shape index (κ3) is 1.62. The summed E-state index contributed by atoms with van der Waals surface area (Å²) in [6, 6.07) is 10.4. The quantitative estimate of drug-likeness (QED) is 0.941. The highest BCUT2D eigenvalue weighted by molar-refractivity contribution is 5.76. The SMILES string of the molecule is Cn1nccc1-c1cccc([C@@]23CC[C@@H](C2)[C@@H]3C(=O)O)c1. The van der Waals surface area contributed by atoms with E-state index >= 15 is 0 Å². The summed E-state index contributed by atoms with van der Waals surface area (Å²) in [5, 5.41) is 13.7. The van der Waals surface area contributed by atoms with Crippen LogP contribution in [0.25, 0.3) is 11.3 Å². The van der Waals surface area contributed by atoms with E-state index in [1.165, 1.54) is 5.56 Å². The maximum absolute atomic E-state index is 11.6. The minimum atomic E-state index is -0.630. The summed E-state index contributed by atoms with van der Waals surface area (Å²) in [6.45, 7) is 0. The van der Waals surface area contributed by atoms with Crippen LogP contribution in [0.2, 0.25) is 0 Å². The van der Waals surface area contributed by atoms with Crippen LogP contribution >= 0.6 is 0 Å². The summed E-state index contributed by atoms with van der Waals surface area (Å²) in [5.74, 6) is -0.447. The van der Waals surface area contributed by atoms with Crippen LogP contribution in [-0.4, -0.2) is 20.9 Å². The van der Waals surface area contributed by atoms with Gasteiger partial charge in [-0.3, -0.25) is 9.48 Å². The first kappa shape index (κ1) is 12.6. The summed E-state index contributed by atoms with van der Waals surface area (Å²) >= 11 is 0. The van der Waals surface area contributed by atoms with E-state index in [1.54, 1.807) is 6.20 Å². The number of aromatic nitrogens is 2. The molecule has 1 aromatic heterocycles. The van der Waals surface area contributed by atoms with Crippen molar-refractivity contribution in [2.24, 2.45) is 18.9 Å². The molecule has 1 heterocycles. The van der Waals surface area contributed by atoms with Crippen LogP contribution in [0, 0.1) is 11.8 Å². The van der Waals surface area contributed by atoms with Gasteiger partial charge in [-0.2, -0.15) is 5.10 Å². The van der Waals surface area contributed by atoms with Crippen molar-refractivity contribution in [3.05, 3.63) is 42.1 Å². The Morgan fingerprint density at radius 1 is 1.43 bits per heavy atom. The molecule has 108 valence electrons. The van der Waals surface area contributed by atoms with Gasteiger partial charge < -0.3 is 5.11 Å². The van der Waals surface area contributed by atoms with Gasteiger partial charge in [0.2, 0.25) is 0 Å². The second kappa shape index (κ2) is 4.20. The van der Waals surface area contributed by atoms with Crippen molar-refractivity contribution in [1.29, 1.82) is 0 Å². The lowest BCUT2D eigenvalue weighted by Gasteiger charge is -2.45. The molecule has 0 saturated heterocycles. The van der Waals surface area contributed by atoms with E-state index in [0.717, 1.165) is 30.5 Å². The van der Waals surface area contributed by atoms with Crippen molar-refractivity contribution in [2.75, 3.05) is 0 Å². The molecule has 4 heteroatoms. The average Bonchev–Trinajstić information content (AvgIpc) is 3.12. The Bertz CT molecular complexity index is 717. The monoisotopic (exact) mass is 282 g/mol. The molecule has 0 aliphatic heterocycles. The molecule has 3 fully saturated rings. The molecule has 3 atom stereocenters. The number of rotatable bonds is 3. The minimum absolute atomic E-state index is 0.134. The summed E-state index contributed by atoms with van der Waals surface area (Å²) in [7, 11) is 1.93. The van der Waals surface area contributed by atoms with Crippen LogP contribution in [0.15, 0.2) is 36.5 Å². The summed E-state index contributed by atoms with van der Waals surface area (Å²) < 4.78 is 1.85. The van der Waals surface area contributed by atoms with Crippen LogP contribution in [-0.2, 0) is 17.3 Å². The van der Waals surface area contributed by atoms with Crippen molar-refractivity contribution in [2.45, 2.75) is 24.7 Å². The highest BCUT2D eigenvalue weighted by Crippen LogP contribution is 2.64. The van der Waals surface area contributed by atoms with Crippen LogP contribution in [0.5, 0.6) is 0 Å². The smallest absolute Gasteiger partial charge is 0.307 e. The number of nitrogens with zero attached hydrogens (tertiary/aromatic N) is 2. The van der Waals surface area contributed by atoms with Crippen molar-refractivity contribution in [1.82, 2.24) is 9.78 Å². The molecule has 5 rings (SSSR count). The second-order valence-corrected chi connectivity index (χ2v) is 6.40. The van der Waals surface area contributed by atoms with E-state index in [4.69, 9.17) is 0 Å². The molecule has 2 aromatic rings. The van der Waals surface area contributed by atoms with E-state index in [0.29, 0.717) is 5.92 Å². The maximum Gasteiger partial charge on any atom is 0.307 e. The van der Waals surface area contributed by atoms with Crippen LogP contribution < -0.4 is 0 Å². The van der Waals surface area contributed by atoms with Gasteiger partial charge in [0, 0.05) is 24.2 Å². The van der Waals surface area contributed by atoms with Crippen molar-refractivity contribution in [3.8, 4) is 11.3 Å². The number of carboxylic acids is 1.